The van der Waals surface area contributed by atoms with Crippen LogP contribution in [0, 0.1) is 5.41 Å². The van der Waals surface area contributed by atoms with Crippen LogP contribution in [0.3, 0.4) is 0 Å². The number of nitrogens with zero attached hydrogens (tertiary/aromatic N) is 7. The lowest BCUT2D eigenvalue weighted by Gasteiger charge is -2.43. The molecule has 4 atom stereocenters. The second-order valence-corrected chi connectivity index (χ2v) is 18.1. The van der Waals surface area contributed by atoms with Gasteiger partial charge in [0.05, 0.1) is 62.8 Å². The first-order chi connectivity index (χ1) is 21.2. The molecule has 4 aromatic rings. The maximum atomic E-state index is 13.1. The summed E-state index contributed by atoms with van der Waals surface area (Å²) in [7, 11) is 0.715. The second-order valence-electron chi connectivity index (χ2n) is 14.2. The molecule has 2 aliphatic heterocycles. The van der Waals surface area contributed by atoms with Gasteiger partial charge in [0, 0.05) is 30.9 Å². The van der Waals surface area contributed by atoms with Crippen molar-refractivity contribution in [3.8, 4) is 5.69 Å². The molecule has 2 unspecified atom stereocenters. The quantitative estimate of drug-likeness (QED) is 0.313. The Balaban J connectivity index is 1.31. The van der Waals surface area contributed by atoms with E-state index in [1.807, 2.05) is 77.7 Å². The summed E-state index contributed by atoms with van der Waals surface area (Å²) in [6.45, 7) is 15.8. The van der Waals surface area contributed by atoms with Crippen molar-refractivity contribution in [2.75, 3.05) is 24.6 Å². The third-order valence-electron chi connectivity index (χ3n) is 8.84. The maximum Gasteiger partial charge on any atom is 0.182 e. The standard InChI is InChI=1S/C31H44N8O4S2/c1-20-26(36-44(40)29(2,3)4)31(19-42-20)11-13-38(14-12-31)27-24(18-43-45(41)30(5,6)7)35-28-23(34-27)17-33-39(28)22-9-10-25-21(15-22)16-32-37(25)8/h9-10,15-17,20,26,36H,11-14,18-19H2,1-8H3/t20-,26+,44?,45?/m0/s1. The van der Waals surface area contributed by atoms with Crippen molar-refractivity contribution in [2.24, 2.45) is 12.5 Å². The van der Waals surface area contributed by atoms with E-state index in [-0.39, 0.29) is 28.9 Å². The molecule has 0 bridgehead atoms. The molecule has 2 fully saturated rings. The van der Waals surface area contributed by atoms with Gasteiger partial charge in [0.25, 0.3) is 0 Å². The Hall–Kier alpha value is -2.78. The van der Waals surface area contributed by atoms with E-state index in [2.05, 4.69) is 26.7 Å². The minimum atomic E-state index is -1.53. The Morgan fingerprint density at radius 3 is 2.47 bits per heavy atom. The van der Waals surface area contributed by atoms with Gasteiger partial charge in [-0.25, -0.2) is 27.8 Å². The van der Waals surface area contributed by atoms with E-state index in [1.54, 1.807) is 10.9 Å². The lowest BCUT2D eigenvalue weighted by Crippen LogP contribution is -2.55. The van der Waals surface area contributed by atoms with Gasteiger partial charge in [-0.05, 0) is 79.5 Å². The Bertz CT molecular complexity index is 1760. The molecule has 2 saturated heterocycles. The van der Waals surface area contributed by atoms with Crippen LogP contribution in [-0.4, -0.2) is 79.3 Å². The van der Waals surface area contributed by atoms with Crippen molar-refractivity contribution in [3.63, 3.8) is 0 Å². The van der Waals surface area contributed by atoms with E-state index in [1.165, 1.54) is 0 Å². The molecule has 45 heavy (non-hydrogen) atoms. The zero-order valence-corrected chi connectivity index (χ0v) is 29.0. The molecule has 0 aliphatic carbocycles. The highest BCUT2D eigenvalue weighted by atomic mass is 32.2. The SMILES string of the molecule is C[C@@H]1OCC2(CCN(c3nc4cnn(-c5ccc6c(cnn6C)c5)c4nc3COS(=O)C(C)(C)C)CC2)[C@@H]1NS(=O)C(C)(C)C. The van der Waals surface area contributed by atoms with Crippen molar-refractivity contribution in [3.05, 3.63) is 36.3 Å². The molecule has 244 valence electrons. The monoisotopic (exact) mass is 656 g/mol. The van der Waals surface area contributed by atoms with Crippen molar-refractivity contribution in [1.82, 2.24) is 34.3 Å². The number of nitrogens with one attached hydrogen (secondary N) is 1. The summed E-state index contributed by atoms with van der Waals surface area (Å²) >= 11 is -1.53. The van der Waals surface area contributed by atoms with Crippen LogP contribution in [0.2, 0.25) is 0 Å². The van der Waals surface area contributed by atoms with Crippen molar-refractivity contribution in [1.29, 1.82) is 0 Å². The number of ether oxygens (including phenoxy) is 1. The smallest absolute Gasteiger partial charge is 0.182 e. The molecule has 0 amide bonds. The predicted octanol–water partition coefficient (Wildman–Crippen LogP) is 4.11. The molecule has 0 saturated carbocycles. The maximum absolute atomic E-state index is 13.1. The minimum absolute atomic E-state index is 0.0133. The first kappa shape index (κ1) is 32.2. The molecule has 1 N–H and O–H groups in total. The average Bonchev–Trinajstić information content (AvgIpc) is 3.66. The van der Waals surface area contributed by atoms with Crippen LogP contribution in [0.5, 0.6) is 0 Å². The topological polar surface area (TPSA) is 129 Å². The van der Waals surface area contributed by atoms with Crippen molar-refractivity contribution >= 4 is 50.0 Å². The van der Waals surface area contributed by atoms with Crippen LogP contribution < -0.4 is 9.62 Å². The highest BCUT2D eigenvalue weighted by molar-refractivity contribution is 7.84. The number of piperidine rings is 1. The molecular weight excluding hydrogens is 613 g/mol. The highest BCUT2D eigenvalue weighted by Crippen LogP contribution is 2.44. The van der Waals surface area contributed by atoms with Crippen LogP contribution in [0.15, 0.2) is 30.6 Å². The van der Waals surface area contributed by atoms with E-state index < -0.39 is 26.8 Å². The predicted molar refractivity (Wildman–Crippen MR) is 178 cm³/mol. The molecule has 12 nitrogen and oxygen atoms in total. The number of rotatable bonds is 7. The highest BCUT2D eigenvalue weighted by Gasteiger charge is 2.51. The minimum Gasteiger partial charge on any atom is -0.376 e. The van der Waals surface area contributed by atoms with Gasteiger partial charge in [-0.15, -0.1) is 0 Å². The number of fused-ring (bicyclic) bond motifs is 2. The third-order valence-corrected chi connectivity index (χ3v) is 11.8. The van der Waals surface area contributed by atoms with Gasteiger partial charge in [0.15, 0.2) is 22.5 Å². The Kier molecular flexibility index (Phi) is 8.43. The second kappa shape index (κ2) is 11.8. The van der Waals surface area contributed by atoms with Gasteiger partial charge in [0.2, 0.25) is 0 Å². The summed E-state index contributed by atoms with van der Waals surface area (Å²) in [4.78, 5) is 12.3. The summed E-state index contributed by atoms with van der Waals surface area (Å²) in [5, 5.41) is 10.0. The van der Waals surface area contributed by atoms with Gasteiger partial charge in [-0.2, -0.15) is 10.2 Å². The molecule has 5 heterocycles. The zero-order valence-electron chi connectivity index (χ0n) is 27.4. The molecular formula is C31H44N8O4S2. The number of hydrogen-bond donors (Lipinski definition) is 1. The van der Waals surface area contributed by atoms with Gasteiger partial charge in [0.1, 0.15) is 17.8 Å². The lowest BCUT2D eigenvalue weighted by atomic mass is 9.73. The van der Waals surface area contributed by atoms with E-state index in [4.69, 9.17) is 18.9 Å². The summed E-state index contributed by atoms with van der Waals surface area (Å²) in [5.74, 6) is 0.709. The number of aryl methyl sites for hydroxylation is 1. The van der Waals surface area contributed by atoms with E-state index in [0.29, 0.717) is 29.3 Å². The average molecular weight is 657 g/mol. The van der Waals surface area contributed by atoms with Gasteiger partial charge < -0.3 is 9.64 Å². The third kappa shape index (κ3) is 6.19. The van der Waals surface area contributed by atoms with E-state index in [0.717, 1.165) is 42.5 Å². The summed E-state index contributed by atoms with van der Waals surface area (Å²) < 4.78 is 44.2. The number of hydrogen-bond acceptors (Lipinski definition) is 9. The van der Waals surface area contributed by atoms with Gasteiger partial charge >= 0.3 is 0 Å². The fourth-order valence-electron chi connectivity index (χ4n) is 6.09. The van der Waals surface area contributed by atoms with Crippen LogP contribution in [-0.2, 0) is 44.6 Å². The Labute approximate surface area is 269 Å². The normalized spacial score (nSPS) is 22.1. The molecule has 14 heteroatoms. The number of aromatic nitrogens is 6. The summed E-state index contributed by atoms with van der Waals surface area (Å²) in [6.07, 6.45) is 5.21. The van der Waals surface area contributed by atoms with E-state index >= 15 is 0 Å². The molecule has 0 radical (unpaired) electrons. The number of anilines is 1. The summed E-state index contributed by atoms with van der Waals surface area (Å²) in [6, 6.07) is 6.02. The van der Waals surface area contributed by atoms with E-state index in [9.17, 15) is 8.42 Å². The zero-order chi connectivity index (χ0) is 32.3. The van der Waals surface area contributed by atoms with Gasteiger partial charge in [-0.1, -0.05) is 0 Å². The first-order valence-corrected chi connectivity index (χ1v) is 17.7. The fraction of sp³-hybridized carbons (Fsp3) is 0.613. The first-order valence-electron chi connectivity index (χ1n) is 15.4. The molecule has 2 aliphatic rings. The van der Waals surface area contributed by atoms with Crippen molar-refractivity contribution in [2.45, 2.75) is 89.6 Å². The fourth-order valence-corrected chi connectivity index (χ4v) is 7.69. The molecule has 3 aromatic heterocycles. The summed E-state index contributed by atoms with van der Waals surface area (Å²) in [5.41, 5.74) is 3.61. The Morgan fingerprint density at radius 1 is 1.04 bits per heavy atom. The molecule has 1 spiro atoms. The number of benzene rings is 1. The van der Waals surface area contributed by atoms with Crippen LogP contribution in [0.1, 0.15) is 67.0 Å². The molecule has 1 aromatic carbocycles. The van der Waals surface area contributed by atoms with Crippen LogP contribution in [0.4, 0.5) is 5.82 Å². The molecule has 6 rings (SSSR count). The van der Waals surface area contributed by atoms with Crippen LogP contribution >= 0.6 is 0 Å². The van der Waals surface area contributed by atoms with Crippen molar-refractivity contribution < 1.29 is 17.3 Å². The largest absolute Gasteiger partial charge is 0.376 e. The van der Waals surface area contributed by atoms with Gasteiger partial charge in [-0.3, -0.25) is 8.86 Å². The lowest BCUT2D eigenvalue weighted by molar-refractivity contribution is 0.0973. The Morgan fingerprint density at radius 2 is 1.78 bits per heavy atom. The van der Waals surface area contributed by atoms with Crippen LogP contribution in [0.25, 0.3) is 27.8 Å².